The Labute approximate surface area is 122 Å². The number of anilines is 1. The third-order valence-corrected chi connectivity index (χ3v) is 3.37. The Balaban J connectivity index is 2.02. The average molecular weight is 281 g/mol. The molecule has 0 bridgehead atoms. The molecular formula is C15H15N5O. The van der Waals surface area contributed by atoms with Gasteiger partial charge in [0.2, 0.25) is 11.9 Å². The number of nitrogens with one attached hydrogen (secondary N) is 1. The van der Waals surface area contributed by atoms with Gasteiger partial charge in [0.15, 0.2) is 0 Å². The topological polar surface area (TPSA) is 85.8 Å². The fraction of sp³-hybridized carbons (Fsp3) is 0.133. The third-order valence-electron chi connectivity index (χ3n) is 3.37. The summed E-state index contributed by atoms with van der Waals surface area (Å²) in [5.41, 5.74) is 7.74. The van der Waals surface area contributed by atoms with Crippen LogP contribution < -0.4 is 11.1 Å². The summed E-state index contributed by atoms with van der Waals surface area (Å²) in [6.07, 6.45) is 5.29. The zero-order chi connectivity index (χ0) is 14.8. The van der Waals surface area contributed by atoms with E-state index < -0.39 is 5.91 Å². The highest BCUT2D eigenvalue weighted by molar-refractivity contribution is 5.95. The zero-order valence-corrected chi connectivity index (χ0v) is 11.5. The number of nitrogens with zero attached hydrogens (tertiary/aromatic N) is 3. The maximum Gasteiger partial charge on any atom is 0.248 e. The number of allylic oxidation sites excluding steroid dienone is 2. The molecular weight excluding hydrogens is 266 g/mol. The second-order valence-electron chi connectivity index (χ2n) is 4.77. The van der Waals surface area contributed by atoms with Crippen molar-refractivity contribution in [3.8, 4) is 0 Å². The number of fused-ring (bicyclic) bond motifs is 1. The van der Waals surface area contributed by atoms with Crippen LogP contribution in [0.25, 0.3) is 6.08 Å². The molecule has 3 N–H and O–H groups in total. The molecule has 1 aromatic carbocycles. The van der Waals surface area contributed by atoms with Crippen molar-refractivity contribution >= 4 is 17.9 Å². The van der Waals surface area contributed by atoms with Gasteiger partial charge in [-0.15, -0.1) is 0 Å². The van der Waals surface area contributed by atoms with E-state index >= 15 is 0 Å². The smallest absolute Gasteiger partial charge is 0.248 e. The molecule has 0 spiro atoms. The van der Waals surface area contributed by atoms with Gasteiger partial charge in [-0.2, -0.15) is 10.1 Å². The summed E-state index contributed by atoms with van der Waals surface area (Å²) < 4.78 is 1.65. The van der Waals surface area contributed by atoms with Crippen LogP contribution in [0.3, 0.4) is 0 Å². The molecule has 0 saturated carbocycles. The molecule has 1 aliphatic heterocycles. The summed E-state index contributed by atoms with van der Waals surface area (Å²) in [6.45, 7) is 1.81. The van der Waals surface area contributed by atoms with Gasteiger partial charge in [0.1, 0.15) is 12.4 Å². The van der Waals surface area contributed by atoms with Crippen molar-refractivity contribution in [1.29, 1.82) is 0 Å². The molecule has 2 aromatic rings. The molecule has 0 radical (unpaired) electrons. The minimum atomic E-state index is -0.469. The Morgan fingerprint density at radius 3 is 2.86 bits per heavy atom. The maximum absolute atomic E-state index is 11.7. The average Bonchev–Trinajstić information content (AvgIpc) is 2.93. The first kappa shape index (κ1) is 13.1. The van der Waals surface area contributed by atoms with Crippen molar-refractivity contribution in [2.45, 2.75) is 13.0 Å². The molecule has 1 amide bonds. The van der Waals surface area contributed by atoms with Gasteiger partial charge in [0.25, 0.3) is 0 Å². The summed E-state index contributed by atoms with van der Waals surface area (Å²) in [4.78, 5) is 15.9. The van der Waals surface area contributed by atoms with Gasteiger partial charge in [-0.3, -0.25) is 4.79 Å². The van der Waals surface area contributed by atoms with Crippen molar-refractivity contribution in [3.05, 3.63) is 59.6 Å². The summed E-state index contributed by atoms with van der Waals surface area (Å²) >= 11 is 0. The fourth-order valence-electron chi connectivity index (χ4n) is 2.40. The highest BCUT2D eigenvalue weighted by Crippen LogP contribution is 2.30. The maximum atomic E-state index is 11.7. The minimum absolute atomic E-state index is 0.360. The molecule has 0 saturated heterocycles. The van der Waals surface area contributed by atoms with Crippen molar-refractivity contribution in [3.63, 3.8) is 0 Å². The van der Waals surface area contributed by atoms with E-state index in [-0.39, 0.29) is 6.04 Å². The Hall–Kier alpha value is -2.89. The van der Waals surface area contributed by atoms with Crippen LogP contribution >= 0.6 is 0 Å². The van der Waals surface area contributed by atoms with E-state index in [1.165, 1.54) is 6.33 Å². The van der Waals surface area contributed by atoms with Crippen LogP contribution in [-0.4, -0.2) is 20.7 Å². The lowest BCUT2D eigenvalue weighted by Crippen LogP contribution is -2.30. The Morgan fingerprint density at radius 2 is 2.14 bits per heavy atom. The molecule has 2 heterocycles. The van der Waals surface area contributed by atoms with Crippen LogP contribution in [0, 0.1) is 0 Å². The molecule has 6 nitrogen and oxygen atoms in total. The number of rotatable bonds is 3. The number of hydrogen-bond acceptors (Lipinski definition) is 4. The summed E-state index contributed by atoms with van der Waals surface area (Å²) in [5.74, 6) is 0.129. The minimum Gasteiger partial charge on any atom is -0.366 e. The van der Waals surface area contributed by atoms with E-state index in [0.29, 0.717) is 17.2 Å². The van der Waals surface area contributed by atoms with E-state index in [4.69, 9.17) is 5.73 Å². The lowest BCUT2D eigenvalue weighted by molar-refractivity contribution is -0.115. The van der Waals surface area contributed by atoms with Crippen molar-refractivity contribution < 1.29 is 4.79 Å². The second kappa shape index (κ2) is 5.24. The summed E-state index contributed by atoms with van der Waals surface area (Å²) in [6, 6.07) is 9.48. The number of benzene rings is 1. The van der Waals surface area contributed by atoms with Gasteiger partial charge >= 0.3 is 0 Å². The number of carbonyl (C=O) groups excluding carboxylic acids is 1. The molecule has 21 heavy (non-hydrogen) atoms. The van der Waals surface area contributed by atoms with Gasteiger partial charge in [-0.25, -0.2) is 4.68 Å². The lowest BCUT2D eigenvalue weighted by atomic mass is 10.0. The third kappa shape index (κ3) is 2.43. The standard InChI is InChI=1S/C15H15N5O/c1-10-13(14(16)21)12(20-15(19-10)17-9-18-20)8-7-11-5-3-2-4-6-11/h2-9,12H,1H3,(H2,16,21)(H,17,18,19). The van der Waals surface area contributed by atoms with Crippen molar-refractivity contribution in [1.82, 2.24) is 14.8 Å². The van der Waals surface area contributed by atoms with Crippen LogP contribution in [-0.2, 0) is 4.79 Å². The van der Waals surface area contributed by atoms with Crippen molar-refractivity contribution in [2.75, 3.05) is 5.32 Å². The van der Waals surface area contributed by atoms with Crippen LogP contribution in [0.4, 0.5) is 5.95 Å². The molecule has 0 fully saturated rings. The Bertz CT molecular complexity index is 730. The van der Waals surface area contributed by atoms with Crippen LogP contribution in [0.1, 0.15) is 18.5 Å². The Morgan fingerprint density at radius 1 is 1.38 bits per heavy atom. The lowest BCUT2D eigenvalue weighted by Gasteiger charge is -2.25. The number of primary amides is 1. The van der Waals surface area contributed by atoms with Gasteiger partial charge in [-0.05, 0) is 12.5 Å². The molecule has 1 atom stereocenters. The largest absolute Gasteiger partial charge is 0.366 e. The van der Waals surface area contributed by atoms with Crippen molar-refractivity contribution in [2.24, 2.45) is 5.73 Å². The van der Waals surface area contributed by atoms with E-state index in [0.717, 1.165) is 5.56 Å². The van der Waals surface area contributed by atoms with Crippen LogP contribution in [0.15, 0.2) is 54.0 Å². The fourth-order valence-corrected chi connectivity index (χ4v) is 2.40. The van der Waals surface area contributed by atoms with Gasteiger partial charge in [0, 0.05) is 5.70 Å². The highest BCUT2D eigenvalue weighted by Gasteiger charge is 2.28. The number of hydrogen-bond donors (Lipinski definition) is 2. The summed E-state index contributed by atoms with van der Waals surface area (Å²) in [7, 11) is 0. The zero-order valence-electron chi connectivity index (χ0n) is 11.5. The molecule has 106 valence electrons. The van der Waals surface area contributed by atoms with Gasteiger partial charge in [0.05, 0.1) is 5.57 Å². The second-order valence-corrected chi connectivity index (χ2v) is 4.77. The Kier molecular flexibility index (Phi) is 3.27. The number of nitrogens with two attached hydrogens (primary N) is 1. The number of carbonyl (C=O) groups is 1. The molecule has 0 aliphatic carbocycles. The number of aromatic nitrogens is 3. The van der Waals surface area contributed by atoms with E-state index in [1.54, 1.807) is 4.68 Å². The predicted molar refractivity (Wildman–Crippen MR) is 80.1 cm³/mol. The first-order valence-electron chi connectivity index (χ1n) is 6.57. The molecule has 1 unspecified atom stereocenters. The normalized spacial score (nSPS) is 17.7. The monoisotopic (exact) mass is 281 g/mol. The summed E-state index contributed by atoms with van der Waals surface area (Å²) in [5, 5.41) is 7.20. The van der Waals surface area contributed by atoms with Gasteiger partial charge in [-0.1, -0.05) is 42.5 Å². The van der Waals surface area contributed by atoms with E-state index in [1.807, 2.05) is 49.4 Å². The van der Waals surface area contributed by atoms with Gasteiger partial charge < -0.3 is 11.1 Å². The van der Waals surface area contributed by atoms with E-state index in [2.05, 4.69) is 15.4 Å². The highest BCUT2D eigenvalue weighted by atomic mass is 16.1. The number of amides is 1. The molecule has 3 rings (SSSR count). The van der Waals surface area contributed by atoms with Crippen LogP contribution in [0.5, 0.6) is 0 Å². The molecule has 1 aromatic heterocycles. The predicted octanol–water partition coefficient (Wildman–Crippen LogP) is 1.72. The first-order chi connectivity index (χ1) is 10.2. The van der Waals surface area contributed by atoms with Crippen LogP contribution in [0.2, 0.25) is 0 Å². The first-order valence-corrected chi connectivity index (χ1v) is 6.57. The molecule has 1 aliphatic rings. The molecule has 6 heteroatoms. The van der Waals surface area contributed by atoms with E-state index in [9.17, 15) is 4.79 Å². The quantitative estimate of drug-likeness (QED) is 0.897. The SMILES string of the molecule is CC1=C(C(N)=O)C(C=Cc2ccccc2)n2ncnc2N1.